The largest absolute Gasteiger partial charge is 0.306 e. The molecule has 0 saturated heterocycles. The monoisotopic (exact) mass is 178 g/mol. The maximum Gasteiger partial charge on any atom is 0.0991 e. The van der Waals surface area contributed by atoms with Crippen LogP contribution in [0.1, 0.15) is 0 Å². The predicted octanol–water partition coefficient (Wildman–Crippen LogP) is 1.93. The highest BCUT2D eigenvalue weighted by Gasteiger charge is 1.89. The van der Waals surface area contributed by atoms with Gasteiger partial charge in [0.1, 0.15) is 0 Å². The van der Waals surface area contributed by atoms with Gasteiger partial charge in [0.15, 0.2) is 0 Å². The second kappa shape index (κ2) is 4.03. The molecular weight excluding hydrogens is 167 g/mol. The quantitative estimate of drug-likeness (QED) is 0.610. The Morgan fingerprint density at radius 3 is 2.42 bits per heavy atom. The van der Waals surface area contributed by atoms with Gasteiger partial charge in [-0.3, -0.25) is 0 Å². The van der Waals surface area contributed by atoms with Crippen molar-refractivity contribution in [3.8, 4) is 5.69 Å². The molecule has 12 heavy (non-hydrogen) atoms. The number of para-hydroxylation sites is 1. The summed E-state index contributed by atoms with van der Waals surface area (Å²) in [7, 11) is 0. The zero-order valence-corrected chi connectivity index (χ0v) is 8.13. The molecule has 1 unspecified atom stereocenters. The molecule has 0 radical (unpaired) electrons. The van der Waals surface area contributed by atoms with Crippen molar-refractivity contribution in [1.29, 1.82) is 0 Å². The highest BCUT2D eigenvalue weighted by molar-refractivity contribution is 6.92. The van der Waals surface area contributed by atoms with E-state index in [1.165, 1.54) is 0 Å². The third-order valence-electron chi connectivity index (χ3n) is 1.56. The molecule has 0 spiro atoms. The maximum absolute atomic E-state index is 3.96. The van der Waals surface area contributed by atoms with E-state index in [9.17, 15) is 0 Å². The van der Waals surface area contributed by atoms with Crippen molar-refractivity contribution in [2.45, 2.75) is 0 Å². The predicted molar refractivity (Wildman–Crippen MR) is 54.7 cm³/mol. The molecule has 2 aromatic rings. The highest BCUT2D eigenvalue weighted by atomic mass is 31.0. The molecular formula is C9H11N2P. The lowest BCUT2D eigenvalue weighted by molar-refractivity contribution is 1.06. The SMILES string of the molecule is P.c1ccc(-n2ccnc2)cc1. The summed E-state index contributed by atoms with van der Waals surface area (Å²) in [5, 5.41) is 0. The van der Waals surface area contributed by atoms with Crippen molar-refractivity contribution < 1.29 is 0 Å². The summed E-state index contributed by atoms with van der Waals surface area (Å²) in [4.78, 5) is 3.96. The minimum atomic E-state index is 0. The second-order valence-corrected chi connectivity index (χ2v) is 2.31. The van der Waals surface area contributed by atoms with Crippen LogP contribution in [0.25, 0.3) is 5.69 Å². The van der Waals surface area contributed by atoms with Gasteiger partial charge in [-0.2, -0.15) is 9.90 Å². The summed E-state index contributed by atoms with van der Waals surface area (Å²) < 4.78 is 1.97. The van der Waals surface area contributed by atoms with Crippen LogP contribution in [0.4, 0.5) is 0 Å². The van der Waals surface area contributed by atoms with Crippen LogP contribution < -0.4 is 0 Å². The van der Waals surface area contributed by atoms with Crippen molar-refractivity contribution in [1.82, 2.24) is 9.55 Å². The fourth-order valence-corrected chi connectivity index (χ4v) is 1.01. The molecule has 0 fully saturated rings. The molecule has 0 bridgehead atoms. The average molecular weight is 178 g/mol. The zero-order valence-electron chi connectivity index (χ0n) is 6.72. The molecule has 0 saturated carbocycles. The fraction of sp³-hybridized carbons (Fsp3) is 0. The Labute approximate surface area is 74.9 Å². The van der Waals surface area contributed by atoms with Gasteiger partial charge in [-0.1, -0.05) is 18.2 Å². The molecule has 1 aromatic heterocycles. The van der Waals surface area contributed by atoms with Crippen LogP contribution in [-0.2, 0) is 0 Å². The molecule has 3 heteroatoms. The van der Waals surface area contributed by atoms with Gasteiger partial charge in [0, 0.05) is 18.1 Å². The Balaban J connectivity index is 0.000000720. The molecule has 62 valence electrons. The molecule has 0 aliphatic heterocycles. The van der Waals surface area contributed by atoms with Gasteiger partial charge in [0.25, 0.3) is 0 Å². The van der Waals surface area contributed by atoms with E-state index in [1.807, 2.05) is 41.1 Å². The maximum atomic E-state index is 3.96. The topological polar surface area (TPSA) is 17.8 Å². The van der Waals surface area contributed by atoms with Crippen LogP contribution in [-0.4, -0.2) is 9.55 Å². The lowest BCUT2D eigenvalue weighted by Crippen LogP contribution is -1.87. The van der Waals surface area contributed by atoms with Crippen molar-refractivity contribution in [2.24, 2.45) is 0 Å². The van der Waals surface area contributed by atoms with E-state index in [1.54, 1.807) is 12.5 Å². The first-order valence-electron chi connectivity index (χ1n) is 3.50. The lowest BCUT2D eigenvalue weighted by atomic mass is 10.3. The summed E-state index contributed by atoms with van der Waals surface area (Å²) in [5.74, 6) is 0. The van der Waals surface area contributed by atoms with E-state index in [0.29, 0.717) is 0 Å². The Morgan fingerprint density at radius 2 is 1.83 bits per heavy atom. The van der Waals surface area contributed by atoms with Gasteiger partial charge in [0.05, 0.1) is 6.33 Å². The first-order chi connectivity index (χ1) is 5.47. The minimum Gasteiger partial charge on any atom is -0.306 e. The van der Waals surface area contributed by atoms with Crippen LogP contribution in [0.5, 0.6) is 0 Å². The molecule has 2 nitrogen and oxygen atoms in total. The van der Waals surface area contributed by atoms with Crippen molar-refractivity contribution in [3.05, 3.63) is 49.1 Å². The van der Waals surface area contributed by atoms with E-state index in [-0.39, 0.29) is 9.90 Å². The summed E-state index contributed by atoms with van der Waals surface area (Å²) in [6.45, 7) is 0. The second-order valence-electron chi connectivity index (χ2n) is 2.31. The third kappa shape index (κ3) is 1.72. The molecule has 1 heterocycles. The standard InChI is InChI=1S/C9H8N2.H3P/c1-2-4-9(5-3-1)11-7-6-10-8-11;/h1-8H;1H3. The summed E-state index contributed by atoms with van der Waals surface area (Å²) >= 11 is 0. The molecule has 0 aliphatic rings. The number of benzene rings is 1. The number of rotatable bonds is 1. The smallest absolute Gasteiger partial charge is 0.0991 e. The van der Waals surface area contributed by atoms with Gasteiger partial charge in [0.2, 0.25) is 0 Å². The molecule has 1 atom stereocenters. The number of aromatic nitrogens is 2. The van der Waals surface area contributed by atoms with Gasteiger partial charge < -0.3 is 4.57 Å². The fourth-order valence-electron chi connectivity index (χ4n) is 1.01. The molecule has 0 N–H and O–H groups in total. The average Bonchev–Trinajstić information content (AvgIpc) is 2.58. The molecule has 2 rings (SSSR count). The number of nitrogens with zero attached hydrogens (tertiary/aromatic N) is 2. The normalized spacial score (nSPS) is 9.00. The van der Waals surface area contributed by atoms with Crippen LogP contribution in [0.15, 0.2) is 49.1 Å². The van der Waals surface area contributed by atoms with Gasteiger partial charge in [-0.15, -0.1) is 0 Å². The van der Waals surface area contributed by atoms with Crippen LogP contribution >= 0.6 is 9.90 Å². The highest BCUT2D eigenvalue weighted by Crippen LogP contribution is 2.04. The summed E-state index contributed by atoms with van der Waals surface area (Å²) in [5.41, 5.74) is 1.14. The molecule has 0 aliphatic carbocycles. The van der Waals surface area contributed by atoms with E-state index >= 15 is 0 Å². The first kappa shape index (κ1) is 8.95. The Bertz CT molecular complexity index is 316. The lowest BCUT2D eigenvalue weighted by Gasteiger charge is -1.98. The van der Waals surface area contributed by atoms with E-state index in [0.717, 1.165) is 5.69 Å². The Morgan fingerprint density at radius 1 is 1.08 bits per heavy atom. The van der Waals surface area contributed by atoms with Gasteiger partial charge in [-0.25, -0.2) is 4.98 Å². The molecule has 1 aromatic carbocycles. The van der Waals surface area contributed by atoms with Crippen molar-refractivity contribution >= 4 is 9.90 Å². The van der Waals surface area contributed by atoms with Gasteiger partial charge in [-0.05, 0) is 12.1 Å². The van der Waals surface area contributed by atoms with Crippen molar-refractivity contribution in [3.63, 3.8) is 0 Å². The van der Waals surface area contributed by atoms with E-state index in [4.69, 9.17) is 0 Å². The Hall–Kier alpha value is -1.14. The van der Waals surface area contributed by atoms with Gasteiger partial charge >= 0.3 is 0 Å². The number of hydrogen-bond acceptors (Lipinski definition) is 1. The van der Waals surface area contributed by atoms with Crippen LogP contribution in [0.2, 0.25) is 0 Å². The van der Waals surface area contributed by atoms with Crippen LogP contribution in [0, 0.1) is 0 Å². The number of hydrogen-bond donors (Lipinski definition) is 0. The minimum absolute atomic E-state index is 0. The van der Waals surface area contributed by atoms with Crippen LogP contribution in [0.3, 0.4) is 0 Å². The molecule has 0 amide bonds. The summed E-state index contributed by atoms with van der Waals surface area (Å²) in [6, 6.07) is 10.1. The zero-order chi connectivity index (χ0) is 7.52. The number of imidazole rings is 1. The van der Waals surface area contributed by atoms with E-state index < -0.39 is 0 Å². The Kier molecular flexibility index (Phi) is 3.01. The first-order valence-corrected chi connectivity index (χ1v) is 3.50. The van der Waals surface area contributed by atoms with Crippen molar-refractivity contribution in [2.75, 3.05) is 0 Å². The third-order valence-corrected chi connectivity index (χ3v) is 1.56. The summed E-state index contributed by atoms with van der Waals surface area (Å²) in [6.07, 6.45) is 5.48. The van der Waals surface area contributed by atoms with E-state index in [2.05, 4.69) is 4.98 Å².